The van der Waals surface area contributed by atoms with Crippen molar-refractivity contribution in [2.45, 2.75) is 12.8 Å². The molecule has 0 aliphatic rings. The van der Waals surface area contributed by atoms with Crippen LogP contribution in [0.2, 0.25) is 0 Å². The number of para-hydroxylation sites is 1. The predicted molar refractivity (Wildman–Crippen MR) is 55.7 cm³/mol. The van der Waals surface area contributed by atoms with Crippen molar-refractivity contribution in [1.29, 1.82) is 0 Å². The molecule has 0 spiro atoms. The highest BCUT2D eigenvalue weighted by Gasteiger charge is 2.00. The summed E-state index contributed by atoms with van der Waals surface area (Å²) in [6.45, 7) is 0.763. The Morgan fingerprint density at radius 3 is 2.92 bits per heavy atom. The van der Waals surface area contributed by atoms with Gasteiger partial charge in [0.25, 0.3) is 0 Å². The van der Waals surface area contributed by atoms with Crippen LogP contribution in [0.25, 0.3) is 10.9 Å². The smallest absolute Gasteiger partial charge is 0.0456 e. The van der Waals surface area contributed by atoms with E-state index >= 15 is 0 Å². The van der Waals surface area contributed by atoms with Crippen LogP contribution < -0.4 is 5.73 Å². The lowest BCUT2D eigenvalue weighted by molar-refractivity contribution is 0.837. The minimum atomic E-state index is 0.763. The molecule has 0 fully saturated rings. The quantitative estimate of drug-likeness (QED) is 0.734. The van der Waals surface area contributed by atoms with E-state index in [-0.39, 0.29) is 0 Å². The molecule has 3 N–H and O–H groups in total. The number of aromatic amines is 1. The van der Waals surface area contributed by atoms with E-state index in [0.717, 1.165) is 19.4 Å². The molecule has 0 unspecified atom stereocenters. The van der Waals surface area contributed by atoms with Crippen molar-refractivity contribution in [1.82, 2.24) is 4.98 Å². The van der Waals surface area contributed by atoms with Crippen LogP contribution in [-0.2, 0) is 6.42 Å². The van der Waals surface area contributed by atoms with Crippen LogP contribution in [0.4, 0.5) is 0 Å². The van der Waals surface area contributed by atoms with E-state index in [0.29, 0.717) is 0 Å². The van der Waals surface area contributed by atoms with Gasteiger partial charge in [-0.25, -0.2) is 0 Å². The Kier molecular flexibility index (Phi) is 2.32. The normalized spacial score (nSPS) is 10.8. The second-order valence-corrected chi connectivity index (χ2v) is 3.25. The third-order valence-corrected chi connectivity index (χ3v) is 2.33. The molecule has 13 heavy (non-hydrogen) atoms. The number of benzene rings is 1. The number of nitrogens with two attached hydrogens (primary N) is 1. The van der Waals surface area contributed by atoms with E-state index in [1.807, 2.05) is 6.07 Å². The molecule has 0 radical (unpaired) electrons. The molecule has 0 aliphatic heterocycles. The van der Waals surface area contributed by atoms with Crippen LogP contribution in [0.3, 0.4) is 0 Å². The van der Waals surface area contributed by atoms with Gasteiger partial charge in [-0.1, -0.05) is 18.2 Å². The van der Waals surface area contributed by atoms with Crippen LogP contribution in [-0.4, -0.2) is 11.5 Å². The van der Waals surface area contributed by atoms with Crippen molar-refractivity contribution in [3.8, 4) is 0 Å². The fourth-order valence-corrected chi connectivity index (χ4v) is 1.63. The minimum Gasteiger partial charge on any atom is -0.361 e. The Hall–Kier alpha value is -1.28. The lowest BCUT2D eigenvalue weighted by Crippen LogP contribution is -1.99. The fraction of sp³-hybridized carbons (Fsp3) is 0.273. The predicted octanol–water partition coefficient (Wildman–Crippen LogP) is 2.06. The van der Waals surface area contributed by atoms with Crippen LogP contribution >= 0.6 is 0 Å². The fourth-order valence-electron chi connectivity index (χ4n) is 1.63. The van der Waals surface area contributed by atoms with Gasteiger partial charge in [0, 0.05) is 17.1 Å². The second kappa shape index (κ2) is 3.62. The molecule has 1 heterocycles. The molecule has 2 aromatic rings. The average Bonchev–Trinajstić information content (AvgIpc) is 2.58. The van der Waals surface area contributed by atoms with E-state index in [2.05, 4.69) is 29.4 Å². The van der Waals surface area contributed by atoms with Gasteiger partial charge in [0.15, 0.2) is 0 Å². The molecule has 0 saturated heterocycles. The molecule has 2 heteroatoms. The van der Waals surface area contributed by atoms with Gasteiger partial charge in [0.2, 0.25) is 0 Å². The summed E-state index contributed by atoms with van der Waals surface area (Å²) in [5.41, 5.74) is 8.07. The zero-order chi connectivity index (χ0) is 9.10. The van der Waals surface area contributed by atoms with Crippen LogP contribution in [0.15, 0.2) is 30.5 Å². The number of fused-ring (bicyclic) bond motifs is 1. The minimum absolute atomic E-state index is 0.763. The Balaban J connectivity index is 2.35. The topological polar surface area (TPSA) is 41.8 Å². The molecule has 0 bridgehead atoms. The number of aryl methyl sites for hydroxylation is 1. The molecule has 1 aromatic heterocycles. The second-order valence-electron chi connectivity index (χ2n) is 3.25. The summed E-state index contributed by atoms with van der Waals surface area (Å²) in [5, 5.41) is 1.33. The highest BCUT2D eigenvalue weighted by Crippen LogP contribution is 2.18. The van der Waals surface area contributed by atoms with Gasteiger partial charge in [-0.15, -0.1) is 0 Å². The molecule has 0 aliphatic carbocycles. The average molecular weight is 174 g/mol. The maximum atomic E-state index is 5.48. The van der Waals surface area contributed by atoms with Crippen molar-refractivity contribution < 1.29 is 0 Å². The van der Waals surface area contributed by atoms with Gasteiger partial charge in [0.1, 0.15) is 0 Å². The largest absolute Gasteiger partial charge is 0.361 e. The van der Waals surface area contributed by atoms with Crippen LogP contribution in [0, 0.1) is 0 Å². The lowest BCUT2D eigenvalue weighted by Gasteiger charge is -1.96. The zero-order valence-corrected chi connectivity index (χ0v) is 7.59. The number of hydrogen-bond acceptors (Lipinski definition) is 1. The maximum absolute atomic E-state index is 5.48. The van der Waals surface area contributed by atoms with Gasteiger partial charge < -0.3 is 10.7 Å². The van der Waals surface area contributed by atoms with Crippen molar-refractivity contribution >= 4 is 10.9 Å². The molecule has 0 amide bonds. The van der Waals surface area contributed by atoms with Gasteiger partial charge >= 0.3 is 0 Å². The van der Waals surface area contributed by atoms with Gasteiger partial charge in [-0.05, 0) is 31.0 Å². The highest BCUT2D eigenvalue weighted by atomic mass is 14.7. The van der Waals surface area contributed by atoms with Crippen molar-refractivity contribution in [3.63, 3.8) is 0 Å². The summed E-state index contributed by atoms with van der Waals surface area (Å²) in [6, 6.07) is 8.37. The number of hydrogen-bond donors (Lipinski definition) is 2. The van der Waals surface area contributed by atoms with E-state index in [1.54, 1.807) is 0 Å². The van der Waals surface area contributed by atoms with E-state index in [4.69, 9.17) is 5.73 Å². The standard InChI is InChI=1S/C11H14N2/c12-7-3-4-9-8-13-11-6-2-1-5-10(9)11/h1-2,5-6,8,13H,3-4,7,12H2. The Labute approximate surface area is 77.8 Å². The Morgan fingerprint density at radius 1 is 1.23 bits per heavy atom. The molecule has 0 saturated carbocycles. The first kappa shape index (κ1) is 8.32. The summed E-state index contributed by atoms with van der Waals surface area (Å²) in [6.07, 6.45) is 4.21. The summed E-state index contributed by atoms with van der Waals surface area (Å²) in [5.74, 6) is 0. The first-order chi connectivity index (χ1) is 6.42. The maximum Gasteiger partial charge on any atom is 0.0456 e. The van der Waals surface area contributed by atoms with E-state index in [1.165, 1.54) is 16.5 Å². The third kappa shape index (κ3) is 1.58. The number of aromatic nitrogens is 1. The van der Waals surface area contributed by atoms with Crippen molar-refractivity contribution in [3.05, 3.63) is 36.0 Å². The molecule has 1 aromatic carbocycles. The van der Waals surface area contributed by atoms with Gasteiger partial charge in [-0.2, -0.15) is 0 Å². The SMILES string of the molecule is NCCCc1c[nH]c2ccccc12. The van der Waals surface area contributed by atoms with Crippen molar-refractivity contribution in [2.24, 2.45) is 5.73 Å². The molecular formula is C11H14N2. The third-order valence-electron chi connectivity index (χ3n) is 2.33. The molecule has 0 atom stereocenters. The molecular weight excluding hydrogens is 160 g/mol. The summed E-state index contributed by atoms with van der Waals surface area (Å²) < 4.78 is 0. The summed E-state index contributed by atoms with van der Waals surface area (Å²) in [4.78, 5) is 3.26. The van der Waals surface area contributed by atoms with E-state index < -0.39 is 0 Å². The zero-order valence-electron chi connectivity index (χ0n) is 7.59. The monoisotopic (exact) mass is 174 g/mol. The molecule has 68 valence electrons. The van der Waals surface area contributed by atoms with Crippen molar-refractivity contribution in [2.75, 3.05) is 6.54 Å². The van der Waals surface area contributed by atoms with E-state index in [9.17, 15) is 0 Å². The summed E-state index contributed by atoms with van der Waals surface area (Å²) >= 11 is 0. The van der Waals surface area contributed by atoms with Gasteiger partial charge in [-0.3, -0.25) is 0 Å². The summed E-state index contributed by atoms with van der Waals surface area (Å²) in [7, 11) is 0. The first-order valence-corrected chi connectivity index (χ1v) is 4.67. The number of rotatable bonds is 3. The van der Waals surface area contributed by atoms with Crippen LogP contribution in [0.1, 0.15) is 12.0 Å². The Morgan fingerprint density at radius 2 is 2.08 bits per heavy atom. The van der Waals surface area contributed by atoms with Crippen LogP contribution in [0.5, 0.6) is 0 Å². The van der Waals surface area contributed by atoms with Gasteiger partial charge in [0.05, 0.1) is 0 Å². The molecule has 2 nitrogen and oxygen atoms in total. The molecule has 2 rings (SSSR count). The number of H-pyrrole nitrogens is 1. The number of nitrogens with one attached hydrogen (secondary N) is 1. The first-order valence-electron chi connectivity index (χ1n) is 4.67. The highest BCUT2D eigenvalue weighted by molar-refractivity contribution is 5.82. The lowest BCUT2D eigenvalue weighted by atomic mass is 10.1. The Bertz CT molecular complexity index is 390.